The Morgan fingerprint density at radius 2 is 1.39 bits per heavy atom. The number of rotatable bonds is 16. The van der Waals surface area contributed by atoms with E-state index in [1.165, 1.54) is 56.9 Å². The lowest BCUT2D eigenvalue weighted by atomic mass is 9.77. The van der Waals surface area contributed by atoms with Crippen LogP contribution in [-0.2, 0) is 13.3 Å². The van der Waals surface area contributed by atoms with E-state index in [2.05, 4.69) is 31.2 Å². The molecule has 0 bridgehead atoms. The van der Waals surface area contributed by atoms with Crippen LogP contribution in [0.1, 0.15) is 97.0 Å². The molecule has 1 aliphatic carbocycles. The molecule has 0 atom stereocenters. The summed E-state index contributed by atoms with van der Waals surface area (Å²) in [6.07, 6.45) is 11.9. The summed E-state index contributed by atoms with van der Waals surface area (Å²) in [5, 5.41) is 0. The first-order valence-electron chi connectivity index (χ1n) is 12.8. The van der Waals surface area contributed by atoms with E-state index in [9.17, 15) is 0 Å². The molecule has 1 aromatic carbocycles. The van der Waals surface area contributed by atoms with Crippen molar-refractivity contribution < 1.29 is 18.0 Å². The summed E-state index contributed by atoms with van der Waals surface area (Å²) in [7, 11) is -2.56. The lowest BCUT2D eigenvalue weighted by Crippen LogP contribution is -2.46. The molecule has 0 N–H and O–H groups in total. The van der Waals surface area contributed by atoms with Crippen molar-refractivity contribution in [2.75, 3.05) is 26.4 Å². The third-order valence-corrected chi connectivity index (χ3v) is 9.55. The highest BCUT2D eigenvalue weighted by Crippen LogP contribution is 2.38. The van der Waals surface area contributed by atoms with Crippen molar-refractivity contribution in [1.82, 2.24) is 0 Å². The van der Waals surface area contributed by atoms with Gasteiger partial charge in [0.15, 0.2) is 0 Å². The fourth-order valence-corrected chi connectivity index (χ4v) is 7.36. The molecular weight excluding hydrogens is 404 g/mol. The third kappa shape index (κ3) is 9.25. The smallest absolute Gasteiger partial charge is 0.494 e. The molecule has 2 rings (SSSR count). The molecule has 1 aromatic rings. The first kappa shape index (κ1) is 26.4. The van der Waals surface area contributed by atoms with Crippen molar-refractivity contribution >= 4 is 8.80 Å². The number of ether oxygens (including phenoxy) is 1. The van der Waals surface area contributed by atoms with Crippen LogP contribution in [0.5, 0.6) is 5.75 Å². The van der Waals surface area contributed by atoms with Gasteiger partial charge in [-0.15, -0.1) is 0 Å². The maximum absolute atomic E-state index is 6.01. The van der Waals surface area contributed by atoms with Crippen LogP contribution < -0.4 is 4.74 Å². The summed E-state index contributed by atoms with van der Waals surface area (Å²) in [5.41, 5.74) is 1.48. The summed E-state index contributed by atoms with van der Waals surface area (Å²) < 4.78 is 23.8. The molecule has 0 spiro atoms. The van der Waals surface area contributed by atoms with Crippen LogP contribution >= 0.6 is 0 Å². The van der Waals surface area contributed by atoms with Gasteiger partial charge in [0, 0.05) is 25.9 Å². The fourth-order valence-electron chi connectivity index (χ4n) is 4.78. The van der Waals surface area contributed by atoms with Gasteiger partial charge in [-0.25, -0.2) is 0 Å². The molecule has 0 aliphatic heterocycles. The van der Waals surface area contributed by atoms with Crippen molar-refractivity contribution in [3.63, 3.8) is 0 Å². The van der Waals surface area contributed by atoms with Crippen molar-refractivity contribution in [2.24, 2.45) is 5.92 Å². The minimum atomic E-state index is -2.56. The van der Waals surface area contributed by atoms with Gasteiger partial charge in [0.25, 0.3) is 0 Å². The van der Waals surface area contributed by atoms with E-state index in [1.807, 2.05) is 20.8 Å². The quantitative estimate of drug-likeness (QED) is 0.195. The van der Waals surface area contributed by atoms with Crippen molar-refractivity contribution in [3.05, 3.63) is 29.8 Å². The zero-order valence-electron chi connectivity index (χ0n) is 20.5. The van der Waals surface area contributed by atoms with Crippen LogP contribution in [0.2, 0.25) is 6.04 Å². The van der Waals surface area contributed by atoms with E-state index < -0.39 is 8.80 Å². The van der Waals surface area contributed by atoms with E-state index in [0.717, 1.165) is 30.1 Å². The first-order valence-corrected chi connectivity index (χ1v) is 14.7. The molecule has 5 heteroatoms. The minimum Gasteiger partial charge on any atom is -0.494 e. The second-order valence-corrected chi connectivity index (χ2v) is 11.4. The van der Waals surface area contributed by atoms with Crippen LogP contribution in [0.15, 0.2) is 24.3 Å². The molecule has 0 amide bonds. The van der Waals surface area contributed by atoms with Crippen LogP contribution in [0.3, 0.4) is 0 Å². The van der Waals surface area contributed by atoms with E-state index in [0.29, 0.717) is 26.4 Å². The lowest BCUT2D eigenvalue weighted by molar-refractivity contribution is 0.0696. The monoisotopic (exact) mass is 450 g/mol. The van der Waals surface area contributed by atoms with E-state index in [-0.39, 0.29) is 0 Å². The number of hydrogen-bond donors (Lipinski definition) is 0. The lowest BCUT2D eigenvalue weighted by Gasteiger charge is -2.29. The Morgan fingerprint density at radius 1 is 0.774 bits per heavy atom. The molecular formula is C26H46O4Si. The molecule has 31 heavy (non-hydrogen) atoms. The fraction of sp³-hybridized carbons (Fsp3) is 0.769. The van der Waals surface area contributed by atoms with Crippen molar-refractivity contribution in [1.29, 1.82) is 0 Å². The molecule has 178 valence electrons. The second kappa shape index (κ2) is 15.0. The molecule has 0 aromatic heterocycles. The Kier molecular flexibility index (Phi) is 12.8. The molecule has 0 radical (unpaired) electrons. The SMILES string of the molecule is CCCCCC1CCC(c2ccc(OCCC[Si](OCC)(OCC)OCC)cc2)CC1. The highest BCUT2D eigenvalue weighted by Gasteiger charge is 2.39. The normalized spacial score (nSPS) is 19.5. The summed E-state index contributed by atoms with van der Waals surface area (Å²) >= 11 is 0. The Morgan fingerprint density at radius 3 is 1.94 bits per heavy atom. The van der Waals surface area contributed by atoms with Crippen LogP contribution in [-0.4, -0.2) is 35.2 Å². The van der Waals surface area contributed by atoms with Crippen molar-refractivity contribution in [3.8, 4) is 5.75 Å². The number of hydrogen-bond acceptors (Lipinski definition) is 4. The Hall–Kier alpha value is -0.883. The Bertz CT molecular complexity index is 552. The molecule has 0 unspecified atom stereocenters. The van der Waals surface area contributed by atoms with Crippen molar-refractivity contribution in [2.45, 2.75) is 97.4 Å². The van der Waals surface area contributed by atoms with Gasteiger partial charge in [0.05, 0.1) is 6.61 Å². The zero-order valence-corrected chi connectivity index (χ0v) is 21.5. The molecule has 4 nitrogen and oxygen atoms in total. The zero-order chi connectivity index (χ0) is 22.4. The summed E-state index contributed by atoms with van der Waals surface area (Å²) in [6.45, 7) is 10.8. The summed E-state index contributed by atoms with van der Waals surface area (Å²) in [6, 6.07) is 9.62. The maximum Gasteiger partial charge on any atom is 0.501 e. The average molecular weight is 451 g/mol. The third-order valence-electron chi connectivity index (χ3n) is 6.40. The Labute approximate surface area is 192 Å². The summed E-state index contributed by atoms with van der Waals surface area (Å²) in [4.78, 5) is 0. The van der Waals surface area contributed by atoms with Gasteiger partial charge in [-0.3, -0.25) is 0 Å². The molecule has 1 saturated carbocycles. The van der Waals surface area contributed by atoms with Gasteiger partial charge < -0.3 is 18.0 Å². The minimum absolute atomic E-state index is 0.620. The van der Waals surface area contributed by atoms with Gasteiger partial charge in [0.2, 0.25) is 0 Å². The van der Waals surface area contributed by atoms with Gasteiger partial charge in [-0.2, -0.15) is 0 Å². The van der Waals surface area contributed by atoms with E-state index >= 15 is 0 Å². The molecule has 0 saturated heterocycles. The molecule has 1 aliphatic rings. The average Bonchev–Trinajstić information content (AvgIpc) is 2.78. The van der Waals surface area contributed by atoms with Gasteiger partial charge in [-0.05, 0) is 82.4 Å². The number of benzene rings is 1. The second-order valence-electron chi connectivity index (χ2n) is 8.72. The first-order chi connectivity index (χ1) is 15.2. The Balaban J connectivity index is 1.73. The number of unbranched alkanes of at least 4 members (excludes halogenated alkanes) is 2. The molecule has 1 fully saturated rings. The predicted molar refractivity (Wildman–Crippen MR) is 131 cm³/mol. The van der Waals surface area contributed by atoms with Crippen LogP contribution in [0, 0.1) is 5.92 Å². The predicted octanol–water partition coefficient (Wildman–Crippen LogP) is 7.36. The van der Waals surface area contributed by atoms with Gasteiger partial charge in [0.1, 0.15) is 5.75 Å². The van der Waals surface area contributed by atoms with Gasteiger partial charge >= 0.3 is 8.80 Å². The highest BCUT2D eigenvalue weighted by molar-refractivity contribution is 6.60. The largest absolute Gasteiger partial charge is 0.501 e. The topological polar surface area (TPSA) is 36.9 Å². The summed E-state index contributed by atoms with van der Waals surface area (Å²) in [5.74, 6) is 2.64. The highest BCUT2D eigenvalue weighted by atomic mass is 28.4. The standard InChI is InChI=1S/C26H46O4Si/c1-5-9-10-12-23-13-15-24(16-14-23)25-17-19-26(20-18-25)27-21-11-22-31(28-6-2,29-7-3)30-8-4/h17-20,23-24H,5-16,21-22H2,1-4H3. The van der Waals surface area contributed by atoms with Crippen LogP contribution in [0.4, 0.5) is 0 Å². The molecule has 0 heterocycles. The van der Waals surface area contributed by atoms with Gasteiger partial charge in [-0.1, -0.05) is 44.7 Å². The van der Waals surface area contributed by atoms with E-state index in [1.54, 1.807) is 0 Å². The maximum atomic E-state index is 6.01. The van der Waals surface area contributed by atoms with E-state index in [4.69, 9.17) is 18.0 Å². The van der Waals surface area contributed by atoms with Crippen LogP contribution in [0.25, 0.3) is 0 Å².